The molecule has 1 radical (unpaired) electrons. The Morgan fingerprint density at radius 2 is 1.35 bits per heavy atom. The molecule has 0 spiro atoms. The van der Waals surface area contributed by atoms with Crippen molar-refractivity contribution >= 4 is 38.1 Å². The SMILES string of the molecule is [C-]#[N+]c1ccc2c(c1)C(C)(C)c1cc(-c3nc(-c4c(C)cccc4C)c4ccccc4n3)[c-]cc1-2.[Ir].[c-]1ccc(-c2ccccc2)cc1-c1nc2ccccc2s1. The van der Waals surface area contributed by atoms with Gasteiger partial charge in [0.05, 0.1) is 29.1 Å². The summed E-state index contributed by atoms with van der Waals surface area (Å²) in [5.41, 5.74) is 16.0. The van der Waals surface area contributed by atoms with E-state index in [2.05, 4.69) is 142 Å². The molecule has 10 rings (SSSR count). The van der Waals surface area contributed by atoms with Crippen LogP contribution in [0.1, 0.15) is 36.1 Å². The largest absolute Gasteiger partial charge is 0.285 e. The smallest absolute Gasteiger partial charge is 0.187 e. The number of hydrogen-bond donors (Lipinski definition) is 0. The van der Waals surface area contributed by atoms with Gasteiger partial charge in [0.1, 0.15) is 0 Å². The van der Waals surface area contributed by atoms with Gasteiger partial charge < -0.3 is 0 Å². The summed E-state index contributed by atoms with van der Waals surface area (Å²) in [6.07, 6.45) is 0. The molecule has 0 aliphatic heterocycles. The minimum Gasteiger partial charge on any atom is -0.285 e. The van der Waals surface area contributed by atoms with Crippen molar-refractivity contribution in [2.45, 2.75) is 33.1 Å². The molecular weight excluding hydrogens is 893 g/mol. The van der Waals surface area contributed by atoms with Crippen LogP contribution in [0.4, 0.5) is 5.69 Å². The van der Waals surface area contributed by atoms with Crippen LogP contribution in [0.2, 0.25) is 0 Å². The van der Waals surface area contributed by atoms with E-state index in [4.69, 9.17) is 21.5 Å². The standard InChI is InChI=1S/C32H24N3.C19H12NS.Ir/c1-19-9-8-10-20(2)29(19)30-25-11-6-7-12-28(25)34-31(35-30)21-13-15-23-24-16-14-22(33-5)18-27(24)32(3,4)26(23)17-21;1-2-7-14(8-3-1)15-9-6-10-16(13-15)19-20-17-11-4-5-12-18(17)21-19;/h6-12,14-18H,1-4H3;1-9,11-13H;/q2*-1;. The molecule has 2 aromatic heterocycles. The third-order valence-electron chi connectivity index (χ3n) is 10.7. The fraction of sp³-hybridized carbons (Fsp3) is 0.0980. The molecule has 0 saturated carbocycles. The molecule has 9 aromatic rings. The van der Waals surface area contributed by atoms with E-state index in [1.807, 2.05) is 48.5 Å². The van der Waals surface area contributed by atoms with Crippen LogP contribution in [-0.2, 0) is 25.5 Å². The molecule has 1 aliphatic carbocycles. The quantitative estimate of drug-likeness (QED) is 0.165. The van der Waals surface area contributed by atoms with Crippen molar-refractivity contribution < 1.29 is 20.1 Å². The van der Waals surface area contributed by atoms with E-state index < -0.39 is 0 Å². The number of fused-ring (bicyclic) bond motifs is 5. The summed E-state index contributed by atoms with van der Waals surface area (Å²) in [6.45, 7) is 16.1. The van der Waals surface area contributed by atoms with Crippen LogP contribution >= 0.6 is 11.3 Å². The number of hydrogen-bond acceptors (Lipinski definition) is 4. The zero-order valence-corrected chi connectivity index (χ0v) is 35.1. The van der Waals surface area contributed by atoms with E-state index in [1.54, 1.807) is 11.3 Å². The van der Waals surface area contributed by atoms with Crippen molar-refractivity contribution in [3.05, 3.63) is 191 Å². The number of nitrogens with zero attached hydrogens (tertiary/aromatic N) is 4. The van der Waals surface area contributed by atoms with Crippen molar-refractivity contribution in [3.63, 3.8) is 0 Å². The summed E-state index contributed by atoms with van der Waals surface area (Å²) in [5.74, 6) is 0.678. The molecule has 0 unspecified atom stereocenters. The van der Waals surface area contributed by atoms with Gasteiger partial charge in [-0.1, -0.05) is 128 Å². The zero-order chi connectivity index (χ0) is 38.4. The molecule has 0 bridgehead atoms. The van der Waals surface area contributed by atoms with Crippen molar-refractivity contribution in [2.24, 2.45) is 0 Å². The van der Waals surface area contributed by atoms with Gasteiger partial charge >= 0.3 is 0 Å². The van der Waals surface area contributed by atoms with Crippen LogP contribution in [0, 0.1) is 32.6 Å². The first-order valence-electron chi connectivity index (χ1n) is 18.6. The predicted molar refractivity (Wildman–Crippen MR) is 232 cm³/mol. The molecule has 6 heteroatoms. The third-order valence-corrected chi connectivity index (χ3v) is 11.8. The van der Waals surface area contributed by atoms with E-state index >= 15 is 0 Å². The van der Waals surface area contributed by atoms with Crippen LogP contribution in [-0.4, -0.2) is 15.0 Å². The van der Waals surface area contributed by atoms with Crippen LogP contribution in [0.25, 0.3) is 81.4 Å². The minimum atomic E-state index is -0.221. The van der Waals surface area contributed by atoms with Gasteiger partial charge in [-0.2, -0.15) is 11.3 Å². The molecule has 4 nitrogen and oxygen atoms in total. The first kappa shape index (κ1) is 37.8. The van der Waals surface area contributed by atoms with E-state index in [0.29, 0.717) is 11.5 Å². The number of benzene rings is 7. The fourth-order valence-electron chi connectivity index (χ4n) is 7.82. The number of para-hydroxylation sites is 2. The van der Waals surface area contributed by atoms with Crippen LogP contribution in [0.5, 0.6) is 0 Å². The normalized spacial score (nSPS) is 12.2. The van der Waals surface area contributed by atoms with Crippen molar-refractivity contribution in [1.82, 2.24) is 15.0 Å². The topological polar surface area (TPSA) is 43.0 Å². The first-order valence-corrected chi connectivity index (χ1v) is 19.5. The average molecular weight is 929 g/mol. The predicted octanol–water partition coefficient (Wildman–Crippen LogP) is 13.7. The van der Waals surface area contributed by atoms with Crippen LogP contribution in [0.15, 0.2) is 146 Å². The van der Waals surface area contributed by atoms with Gasteiger partial charge in [-0.3, -0.25) is 15.0 Å². The molecular formula is C51H36IrN4S-2. The zero-order valence-electron chi connectivity index (χ0n) is 31.9. The molecule has 0 saturated heterocycles. The number of thiazole rings is 1. The van der Waals surface area contributed by atoms with Crippen LogP contribution in [0.3, 0.4) is 0 Å². The Kier molecular flexibility index (Phi) is 10.2. The maximum Gasteiger partial charge on any atom is 0.187 e. The summed E-state index contributed by atoms with van der Waals surface area (Å²) in [4.78, 5) is 18.4. The molecule has 0 amide bonds. The molecule has 0 fully saturated rings. The average Bonchev–Trinajstić information content (AvgIpc) is 3.77. The van der Waals surface area contributed by atoms with Crippen LogP contribution < -0.4 is 0 Å². The van der Waals surface area contributed by atoms with Gasteiger partial charge in [-0.05, 0) is 54.2 Å². The Morgan fingerprint density at radius 1 is 0.632 bits per heavy atom. The van der Waals surface area contributed by atoms with E-state index in [-0.39, 0.29) is 25.5 Å². The molecule has 1 aliphatic rings. The monoisotopic (exact) mass is 929 g/mol. The third kappa shape index (κ3) is 7.00. The molecule has 2 heterocycles. The second-order valence-electron chi connectivity index (χ2n) is 14.7. The van der Waals surface area contributed by atoms with Gasteiger partial charge in [0.25, 0.3) is 0 Å². The van der Waals surface area contributed by atoms with Gasteiger partial charge in [-0.15, -0.1) is 64.7 Å². The Morgan fingerprint density at radius 3 is 2.12 bits per heavy atom. The molecule has 277 valence electrons. The van der Waals surface area contributed by atoms with Gasteiger partial charge in [0, 0.05) is 40.8 Å². The van der Waals surface area contributed by atoms with Crippen molar-refractivity contribution in [2.75, 3.05) is 0 Å². The summed E-state index contributed by atoms with van der Waals surface area (Å²) >= 11 is 1.71. The van der Waals surface area contributed by atoms with Gasteiger partial charge in [-0.25, -0.2) is 4.85 Å². The molecule has 0 N–H and O–H groups in total. The van der Waals surface area contributed by atoms with Gasteiger partial charge in [0.2, 0.25) is 0 Å². The fourth-order valence-corrected chi connectivity index (χ4v) is 8.77. The Bertz CT molecular complexity index is 2940. The van der Waals surface area contributed by atoms with E-state index in [1.165, 1.54) is 49.2 Å². The summed E-state index contributed by atoms with van der Waals surface area (Å²) in [6, 6.07) is 56.5. The molecule has 0 atom stereocenters. The summed E-state index contributed by atoms with van der Waals surface area (Å²) in [7, 11) is 0. The van der Waals surface area contributed by atoms with Gasteiger partial charge in [0.15, 0.2) is 5.69 Å². The molecule has 57 heavy (non-hydrogen) atoms. The second-order valence-corrected chi connectivity index (χ2v) is 15.7. The maximum atomic E-state index is 7.43. The van der Waals surface area contributed by atoms with E-state index in [9.17, 15) is 0 Å². The number of aromatic nitrogens is 3. The Hall–Kier alpha value is -6.09. The summed E-state index contributed by atoms with van der Waals surface area (Å²) < 4.78 is 1.21. The summed E-state index contributed by atoms with van der Waals surface area (Å²) in [5, 5.41) is 2.07. The second kappa shape index (κ2) is 15.4. The Balaban J connectivity index is 0.000000177. The van der Waals surface area contributed by atoms with Crippen molar-refractivity contribution in [1.29, 1.82) is 0 Å². The van der Waals surface area contributed by atoms with Crippen molar-refractivity contribution in [3.8, 4) is 55.5 Å². The number of rotatable bonds is 4. The number of aryl methyl sites for hydroxylation is 2. The molecule has 7 aromatic carbocycles. The Labute approximate surface area is 351 Å². The first-order chi connectivity index (χ1) is 27.3. The minimum absolute atomic E-state index is 0. The van der Waals surface area contributed by atoms with E-state index in [0.717, 1.165) is 43.8 Å². The maximum absolute atomic E-state index is 7.43.